The second-order valence-electron chi connectivity index (χ2n) is 10.8. The molecule has 1 N–H and O–H groups in total. The van der Waals surface area contributed by atoms with Gasteiger partial charge in [0.25, 0.3) is 5.56 Å². The summed E-state index contributed by atoms with van der Waals surface area (Å²) < 4.78 is 19.2. The maximum atomic E-state index is 14.7. The highest BCUT2D eigenvalue weighted by atomic mass is 35.5. The van der Waals surface area contributed by atoms with Gasteiger partial charge in [-0.3, -0.25) is 23.4 Å². The molecule has 9 nitrogen and oxygen atoms in total. The van der Waals surface area contributed by atoms with Crippen molar-refractivity contribution in [1.82, 2.24) is 28.8 Å². The van der Waals surface area contributed by atoms with Gasteiger partial charge in [-0.2, -0.15) is 5.10 Å². The van der Waals surface area contributed by atoms with Gasteiger partial charge in [-0.25, -0.2) is 9.37 Å². The first-order valence-electron chi connectivity index (χ1n) is 12.7. The molecule has 0 bridgehead atoms. The average Bonchev–Trinajstić information content (AvgIpc) is 3.35. The summed E-state index contributed by atoms with van der Waals surface area (Å²) in [7, 11) is 1.73. The summed E-state index contributed by atoms with van der Waals surface area (Å²) in [4.78, 5) is 32.4. The Morgan fingerprint density at radius 3 is 2.55 bits per heavy atom. The minimum absolute atomic E-state index is 0.0675. The fourth-order valence-corrected chi connectivity index (χ4v) is 5.60. The molecular formula is C27H28ClFN6O3. The zero-order valence-electron chi connectivity index (χ0n) is 21.2. The Balaban J connectivity index is 1.29. The van der Waals surface area contributed by atoms with Gasteiger partial charge in [0.15, 0.2) is 5.65 Å². The lowest BCUT2D eigenvalue weighted by molar-refractivity contribution is -0.141. The molecule has 6 rings (SSSR count). The van der Waals surface area contributed by atoms with Crippen LogP contribution in [0.1, 0.15) is 32.6 Å². The maximum Gasteiger partial charge on any atom is 0.262 e. The molecule has 1 aliphatic heterocycles. The average molecular weight is 539 g/mol. The van der Waals surface area contributed by atoms with E-state index in [-0.39, 0.29) is 28.6 Å². The number of carbonyl (C=O) groups excluding carboxylic acids is 1. The van der Waals surface area contributed by atoms with Gasteiger partial charge in [0.05, 0.1) is 23.2 Å². The van der Waals surface area contributed by atoms with E-state index < -0.39 is 11.4 Å². The van der Waals surface area contributed by atoms with Crippen LogP contribution in [0, 0.1) is 11.2 Å². The van der Waals surface area contributed by atoms with Crippen molar-refractivity contribution in [1.29, 1.82) is 0 Å². The third kappa shape index (κ3) is 4.12. The second kappa shape index (κ2) is 8.78. The molecule has 0 atom stereocenters. The minimum atomic E-state index is -1.12. The van der Waals surface area contributed by atoms with Crippen LogP contribution in [0.5, 0.6) is 0 Å². The highest BCUT2D eigenvalue weighted by Crippen LogP contribution is 2.47. The monoisotopic (exact) mass is 538 g/mol. The van der Waals surface area contributed by atoms with Crippen molar-refractivity contribution in [3.63, 3.8) is 0 Å². The van der Waals surface area contributed by atoms with Crippen LogP contribution in [0.15, 0.2) is 47.7 Å². The van der Waals surface area contributed by atoms with Crippen LogP contribution in [0.3, 0.4) is 0 Å². The third-order valence-corrected chi connectivity index (χ3v) is 8.29. The Morgan fingerprint density at radius 2 is 1.89 bits per heavy atom. The molecule has 11 heteroatoms. The van der Waals surface area contributed by atoms with Gasteiger partial charge in [0.2, 0.25) is 5.91 Å². The maximum absolute atomic E-state index is 14.7. The van der Waals surface area contributed by atoms with Crippen molar-refractivity contribution in [3.8, 4) is 16.9 Å². The molecule has 198 valence electrons. The molecule has 1 amide bonds. The fraction of sp³-hybridized carbons (Fsp3) is 0.407. The molecule has 2 aliphatic rings. The topological polar surface area (TPSA) is 98.2 Å². The number of piperidine rings is 1. The molecule has 1 aliphatic carbocycles. The molecule has 38 heavy (non-hydrogen) atoms. The van der Waals surface area contributed by atoms with Gasteiger partial charge in [-0.05, 0) is 56.0 Å². The quantitative estimate of drug-likeness (QED) is 0.419. The van der Waals surface area contributed by atoms with Crippen LogP contribution in [0.4, 0.5) is 4.39 Å². The van der Waals surface area contributed by atoms with Gasteiger partial charge in [-0.15, -0.1) is 0 Å². The number of benzene rings is 1. The molecule has 0 unspecified atom stereocenters. The van der Waals surface area contributed by atoms with Crippen molar-refractivity contribution in [3.05, 3.63) is 64.2 Å². The highest BCUT2D eigenvalue weighted by molar-refractivity contribution is 6.31. The van der Waals surface area contributed by atoms with Crippen molar-refractivity contribution in [2.45, 2.75) is 44.8 Å². The number of fused-ring (bicyclic) bond motifs is 1. The van der Waals surface area contributed by atoms with E-state index in [0.717, 1.165) is 12.8 Å². The predicted molar refractivity (Wildman–Crippen MR) is 141 cm³/mol. The summed E-state index contributed by atoms with van der Waals surface area (Å²) in [6.45, 7) is 2.97. The minimum Gasteiger partial charge on any atom is -0.388 e. The number of halogens is 2. The van der Waals surface area contributed by atoms with Crippen LogP contribution in [-0.4, -0.2) is 58.5 Å². The van der Waals surface area contributed by atoms with E-state index in [4.69, 9.17) is 11.6 Å². The SMILES string of the molecule is Cn1nccc1-c1cc(-n2c(Cl)cc3c(=O)n(CC4(O)CCN(C(=O)C5(C)CC5)CC4)cnc32)ccc1F. The zero-order chi connectivity index (χ0) is 26.8. The Morgan fingerprint density at radius 1 is 1.16 bits per heavy atom. The van der Waals surface area contributed by atoms with Crippen LogP contribution < -0.4 is 5.56 Å². The van der Waals surface area contributed by atoms with Crippen molar-refractivity contribution in [2.24, 2.45) is 12.5 Å². The number of carbonyl (C=O) groups is 1. The van der Waals surface area contributed by atoms with Crippen LogP contribution in [0.25, 0.3) is 28.0 Å². The number of hydrogen-bond donors (Lipinski definition) is 1. The normalized spacial score (nSPS) is 18.2. The molecule has 1 saturated heterocycles. The van der Waals surface area contributed by atoms with E-state index in [2.05, 4.69) is 10.1 Å². The molecule has 1 aromatic carbocycles. The highest BCUT2D eigenvalue weighted by Gasteiger charge is 2.48. The molecule has 3 aromatic heterocycles. The Hall–Kier alpha value is -3.50. The largest absolute Gasteiger partial charge is 0.388 e. The van der Waals surface area contributed by atoms with Crippen molar-refractivity contribution >= 4 is 28.5 Å². The first-order chi connectivity index (χ1) is 18.1. The van der Waals surface area contributed by atoms with Crippen LogP contribution >= 0.6 is 11.6 Å². The van der Waals surface area contributed by atoms with Crippen molar-refractivity contribution in [2.75, 3.05) is 13.1 Å². The fourth-order valence-electron chi connectivity index (χ4n) is 5.32. The lowest BCUT2D eigenvalue weighted by atomic mass is 9.90. The van der Waals surface area contributed by atoms with E-state index in [1.165, 1.54) is 23.0 Å². The lowest BCUT2D eigenvalue weighted by Crippen LogP contribution is -2.51. The van der Waals surface area contributed by atoms with Gasteiger partial charge < -0.3 is 10.0 Å². The third-order valence-electron chi connectivity index (χ3n) is 8.01. The lowest BCUT2D eigenvalue weighted by Gasteiger charge is -2.39. The van der Waals surface area contributed by atoms with Gasteiger partial charge in [-0.1, -0.05) is 18.5 Å². The van der Waals surface area contributed by atoms with Crippen LogP contribution in [0.2, 0.25) is 5.15 Å². The zero-order valence-corrected chi connectivity index (χ0v) is 22.0. The van der Waals surface area contributed by atoms with E-state index in [9.17, 15) is 19.1 Å². The number of amides is 1. The Bertz CT molecular complexity index is 1630. The molecule has 4 aromatic rings. The molecule has 0 radical (unpaired) electrons. The Kier molecular flexibility index (Phi) is 5.73. The van der Waals surface area contributed by atoms with Gasteiger partial charge in [0, 0.05) is 43.0 Å². The number of rotatable bonds is 5. The van der Waals surface area contributed by atoms with E-state index in [0.29, 0.717) is 53.9 Å². The first kappa shape index (κ1) is 24.8. The summed E-state index contributed by atoms with van der Waals surface area (Å²) in [5.74, 6) is -0.254. The smallest absolute Gasteiger partial charge is 0.262 e. The summed E-state index contributed by atoms with van der Waals surface area (Å²) in [6.07, 6.45) is 5.59. The summed E-state index contributed by atoms with van der Waals surface area (Å²) in [5, 5.41) is 15.9. The Labute approximate surface area is 223 Å². The first-order valence-corrected chi connectivity index (χ1v) is 13.0. The van der Waals surface area contributed by atoms with E-state index in [1.807, 2.05) is 11.8 Å². The summed E-state index contributed by atoms with van der Waals surface area (Å²) >= 11 is 6.56. The number of hydrogen-bond acceptors (Lipinski definition) is 5. The molecule has 0 spiro atoms. The molecule has 4 heterocycles. The van der Waals surface area contributed by atoms with Gasteiger partial charge >= 0.3 is 0 Å². The predicted octanol–water partition coefficient (Wildman–Crippen LogP) is 3.53. The summed E-state index contributed by atoms with van der Waals surface area (Å²) in [6, 6.07) is 7.82. The second-order valence-corrected chi connectivity index (χ2v) is 11.2. The number of aromatic nitrogens is 5. The van der Waals surface area contributed by atoms with Gasteiger partial charge in [0.1, 0.15) is 17.3 Å². The molecular weight excluding hydrogens is 511 g/mol. The van der Waals surface area contributed by atoms with E-state index in [1.54, 1.807) is 40.7 Å². The summed E-state index contributed by atoms with van der Waals surface area (Å²) in [5.41, 5.74) is 0.132. The number of aliphatic hydroxyl groups is 1. The van der Waals surface area contributed by atoms with E-state index >= 15 is 0 Å². The molecule has 2 fully saturated rings. The van der Waals surface area contributed by atoms with Crippen molar-refractivity contribution < 1.29 is 14.3 Å². The number of likely N-dealkylation sites (tertiary alicyclic amines) is 1. The van der Waals surface area contributed by atoms with Crippen LogP contribution in [-0.2, 0) is 18.4 Å². The number of aryl methyl sites for hydroxylation is 1. The standard InChI is InChI=1S/C27H28ClFN6O3/c1-26(6-7-26)25(37)33-11-8-27(38,9-12-33)15-34-16-30-23-19(24(34)36)14-22(28)35(23)17-3-4-20(29)18(13-17)21-5-10-31-32(21)2/h3-5,10,13-14,16,38H,6-9,11-12,15H2,1-2H3. The molecule has 1 saturated carbocycles. The number of nitrogens with zero attached hydrogens (tertiary/aromatic N) is 6.